The van der Waals surface area contributed by atoms with Crippen molar-refractivity contribution in [1.29, 1.82) is 0 Å². The van der Waals surface area contributed by atoms with E-state index < -0.39 is 0 Å². The van der Waals surface area contributed by atoms with Gasteiger partial charge in [-0.3, -0.25) is 0 Å². The number of nitrogens with zero attached hydrogens (tertiary/aromatic N) is 1. The van der Waals surface area contributed by atoms with Crippen LogP contribution in [0.15, 0.2) is 18.3 Å². The van der Waals surface area contributed by atoms with E-state index in [4.69, 9.17) is 15.2 Å². The number of aromatic nitrogens is 2. The Bertz CT molecular complexity index is 548. The van der Waals surface area contributed by atoms with E-state index in [1.54, 1.807) is 12.3 Å². The van der Waals surface area contributed by atoms with Gasteiger partial charge < -0.3 is 20.2 Å². The van der Waals surface area contributed by atoms with Gasteiger partial charge in [-0.05, 0) is 13.0 Å². The standard InChI is InChI=1S/C11H11N3O2/c1-6-4-13-11(14-6)7-2-9-10(3-8(7)12)16-5-15-9/h2-4H,5,12H2,1H3,(H,13,14). The van der Waals surface area contributed by atoms with Crippen molar-refractivity contribution in [2.45, 2.75) is 6.92 Å². The third kappa shape index (κ3) is 1.29. The Morgan fingerprint density at radius 3 is 2.75 bits per heavy atom. The molecule has 1 aromatic heterocycles. The molecule has 3 N–H and O–H groups in total. The van der Waals surface area contributed by atoms with Gasteiger partial charge in [0.15, 0.2) is 11.5 Å². The van der Waals surface area contributed by atoms with Crippen molar-refractivity contribution in [3.05, 3.63) is 24.0 Å². The van der Waals surface area contributed by atoms with Crippen molar-refractivity contribution in [2.75, 3.05) is 12.5 Å². The van der Waals surface area contributed by atoms with E-state index in [-0.39, 0.29) is 6.79 Å². The van der Waals surface area contributed by atoms with Crippen LogP contribution in [0.3, 0.4) is 0 Å². The third-order valence-corrected chi connectivity index (χ3v) is 2.50. The highest BCUT2D eigenvalue weighted by Crippen LogP contribution is 2.39. The molecule has 5 heteroatoms. The second-order valence-corrected chi connectivity index (χ2v) is 3.71. The minimum absolute atomic E-state index is 0.245. The highest BCUT2D eigenvalue weighted by Gasteiger charge is 2.17. The minimum atomic E-state index is 0.245. The number of nitrogen functional groups attached to an aromatic ring is 1. The van der Waals surface area contributed by atoms with Crippen molar-refractivity contribution in [3.8, 4) is 22.9 Å². The molecular formula is C11H11N3O2. The van der Waals surface area contributed by atoms with Gasteiger partial charge in [0.25, 0.3) is 0 Å². The number of rotatable bonds is 1. The lowest BCUT2D eigenvalue weighted by molar-refractivity contribution is 0.174. The van der Waals surface area contributed by atoms with Crippen molar-refractivity contribution >= 4 is 5.69 Å². The summed E-state index contributed by atoms with van der Waals surface area (Å²) in [5.74, 6) is 2.14. The Kier molecular flexibility index (Phi) is 1.80. The van der Waals surface area contributed by atoms with Crippen molar-refractivity contribution in [1.82, 2.24) is 9.97 Å². The Hall–Kier alpha value is -2.17. The van der Waals surface area contributed by atoms with Crippen LogP contribution in [0.5, 0.6) is 11.5 Å². The predicted molar refractivity (Wildman–Crippen MR) is 59.3 cm³/mol. The maximum atomic E-state index is 5.94. The number of nitrogens with one attached hydrogen (secondary N) is 1. The second kappa shape index (κ2) is 3.16. The van der Waals surface area contributed by atoms with Crippen molar-refractivity contribution in [3.63, 3.8) is 0 Å². The smallest absolute Gasteiger partial charge is 0.231 e. The second-order valence-electron chi connectivity index (χ2n) is 3.71. The van der Waals surface area contributed by atoms with Crippen LogP contribution in [-0.2, 0) is 0 Å². The van der Waals surface area contributed by atoms with Gasteiger partial charge in [-0.15, -0.1) is 0 Å². The van der Waals surface area contributed by atoms with Crippen LogP contribution >= 0.6 is 0 Å². The lowest BCUT2D eigenvalue weighted by Gasteiger charge is -2.04. The first-order valence-corrected chi connectivity index (χ1v) is 4.95. The molecule has 2 heterocycles. The van der Waals surface area contributed by atoms with Crippen LogP contribution in [0.25, 0.3) is 11.4 Å². The molecule has 5 nitrogen and oxygen atoms in total. The average molecular weight is 217 g/mol. The molecule has 16 heavy (non-hydrogen) atoms. The fraction of sp³-hybridized carbons (Fsp3) is 0.182. The zero-order valence-electron chi connectivity index (χ0n) is 8.78. The highest BCUT2D eigenvalue weighted by atomic mass is 16.7. The van der Waals surface area contributed by atoms with E-state index in [2.05, 4.69) is 9.97 Å². The van der Waals surface area contributed by atoms with Gasteiger partial charge in [0, 0.05) is 29.2 Å². The number of fused-ring (bicyclic) bond motifs is 1. The fourth-order valence-electron chi connectivity index (χ4n) is 1.71. The molecule has 0 atom stereocenters. The van der Waals surface area contributed by atoms with Gasteiger partial charge >= 0.3 is 0 Å². The van der Waals surface area contributed by atoms with Gasteiger partial charge in [0.2, 0.25) is 6.79 Å². The average Bonchev–Trinajstić information content (AvgIpc) is 2.84. The summed E-state index contributed by atoms with van der Waals surface area (Å²) >= 11 is 0. The summed E-state index contributed by atoms with van der Waals surface area (Å²) in [4.78, 5) is 7.38. The summed E-state index contributed by atoms with van der Waals surface area (Å²) in [5, 5.41) is 0. The Morgan fingerprint density at radius 2 is 2.06 bits per heavy atom. The molecule has 0 radical (unpaired) electrons. The van der Waals surface area contributed by atoms with Crippen LogP contribution in [0.4, 0.5) is 5.69 Å². The monoisotopic (exact) mass is 217 g/mol. The number of H-pyrrole nitrogens is 1. The number of imidazole rings is 1. The van der Waals surface area contributed by atoms with E-state index in [0.29, 0.717) is 17.2 Å². The molecule has 0 aliphatic carbocycles. The zero-order chi connectivity index (χ0) is 11.1. The summed E-state index contributed by atoms with van der Waals surface area (Å²) < 4.78 is 10.5. The quantitative estimate of drug-likeness (QED) is 0.713. The molecular weight excluding hydrogens is 206 g/mol. The summed E-state index contributed by atoms with van der Waals surface area (Å²) in [6, 6.07) is 3.60. The lowest BCUT2D eigenvalue weighted by atomic mass is 10.1. The lowest BCUT2D eigenvalue weighted by Crippen LogP contribution is -1.92. The van der Waals surface area contributed by atoms with E-state index in [1.807, 2.05) is 13.0 Å². The summed E-state index contributed by atoms with van der Waals surface area (Å²) in [6.07, 6.45) is 1.76. The molecule has 0 bridgehead atoms. The Morgan fingerprint density at radius 1 is 1.31 bits per heavy atom. The van der Waals surface area contributed by atoms with Gasteiger partial charge in [-0.1, -0.05) is 0 Å². The summed E-state index contributed by atoms with van der Waals surface area (Å²) in [5.41, 5.74) is 8.39. The third-order valence-electron chi connectivity index (χ3n) is 2.50. The fourth-order valence-corrected chi connectivity index (χ4v) is 1.71. The van der Waals surface area contributed by atoms with Crippen LogP contribution < -0.4 is 15.2 Å². The Labute approximate surface area is 92.2 Å². The topological polar surface area (TPSA) is 73.2 Å². The number of benzene rings is 1. The number of nitrogens with two attached hydrogens (primary N) is 1. The first kappa shape index (κ1) is 9.08. The number of ether oxygens (including phenoxy) is 2. The molecule has 2 aromatic rings. The molecule has 82 valence electrons. The molecule has 0 amide bonds. The van der Waals surface area contributed by atoms with Gasteiger partial charge in [-0.25, -0.2) is 4.98 Å². The zero-order valence-corrected chi connectivity index (χ0v) is 8.78. The summed E-state index contributed by atoms with van der Waals surface area (Å²) in [6.45, 7) is 2.19. The predicted octanol–water partition coefficient (Wildman–Crippen LogP) is 1.70. The van der Waals surface area contributed by atoms with Crippen LogP contribution in [-0.4, -0.2) is 16.8 Å². The molecule has 1 aromatic carbocycles. The first-order chi connectivity index (χ1) is 7.74. The van der Waals surface area contributed by atoms with E-state index in [9.17, 15) is 0 Å². The number of anilines is 1. The molecule has 3 rings (SSSR count). The maximum Gasteiger partial charge on any atom is 0.231 e. The largest absolute Gasteiger partial charge is 0.454 e. The van der Waals surface area contributed by atoms with E-state index >= 15 is 0 Å². The SMILES string of the molecule is Cc1cnc(-c2cc3c(cc2N)OCO3)[nH]1. The highest BCUT2D eigenvalue weighted by molar-refractivity contribution is 5.76. The van der Waals surface area contributed by atoms with Crippen LogP contribution in [0, 0.1) is 6.92 Å². The minimum Gasteiger partial charge on any atom is -0.454 e. The molecule has 1 aliphatic heterocycles. The summed E-state index contributed by atoms with van der Waals surface area (Å²) in [7, 11) is 0. The molecule has 0 saturated carbocycles. The van der Waals surface area contributed by atoms with Crippen LogP contribution in [0.2, 0.25) is 0 Å². The van der Waals surface area contributed by atoms with Gasteiger partial charge in [0.05, 0.1) is 0 Å². The number of hydrogen-bond donors (Lipinski definition) is 2. The number of hydrogen-bond acceptors (Lipinski definition) is 4. The Balaban J connectivity index is 2.14. The molecule has 0 spiro atoms. The normalized spacial score (nSPS) is 13.1. The number of aromatic amines is 1. The molecule has 0 unspecified atom stereocenters. The first-order valence-electron chi connectivity index (χ1n) is 4.95. The molecule has 0 fully saturated rings. The maximum absolute atomic E-state index is 5.94. The van der Waals surface area contributed by atoms with E-state index in [1.165, 1.54) is 0 Å². The van der Waals surface area contributed by atoms with Gasteiger partial charge in [0.1, 0.15) is 5.82 Å². The van der Waals surface area contributed by atoms with E-state index in [0.717, 1.165) is 17.1 Å². The van der Waals surface area contributed by atoms with Crippen molar-refractivity contribution < 1.29 is 9.47 Å². The molecule has 1 aliphatic rings. The van der Waals surface area contributed by atoms with Gasteiger partial charge in [-0.2, -0.15) is 0 Å². The molecule has 0 saturated heterocycles. The van der Waals surface area contributed by atoms with Crippen molar-refractivity contribution in [2.24, 2.45) is 0 Å². The van der Waals surface area contributed by atoms with Crippen LogP contribution in [0.1, 0.15) is 5.69 Å². The number of aryl methyl sites for hydroxylation is 1.